The van der Waals surface area contributed by atoms with Gasteiger partial charge in [0.1, 0.15) is 0 Å². The summed E-state index contributed by atoms with van der Waals surface area (Å²) in [5.74, 6) is 0.722. The predicted octanol–water partition coefficient (Wildman–Crippen LogP) is 3.13. The smallest absolute Gasteiger partial charge is 0.0217 e. The van der Waals surface area contributed by atoms with Crippen LogP contribution < -0.4 is 5.32 Å². The summed E-state index contributed by atoms with van der Waals surface area (Å²) < 4.78 is 0. The van der Waals surface area contributed by atoms with Gasteiger partial charge in [-0.1, -0.05) is 40.5 Å². The Kier molecular flexibility index (Phi) is 10.0. The maximum atomic E-state index is 3.65. The van der Waals surface area contributed by atoms with E-state index in [1.165, 1.54) is 38.8 Å². The Bertz CT molecular complexity index is 146. The maximum Gasteiger partial charge on any atom is 0.0217 e. The summed E-state index contributed by atoms with van der Waals surface area (Å²) in [5.41, 5.74) is 0. The van der Waals surface area contributed by atoms with Crippen molar-refractivity contribution in [2.24, 2.45) is 5.92 Å². The first-order valence-electron chi connectivity index (χ1n) is 7.03. The highest BCUT2D eigenvalue weighted by Gasteiger charge is 2.14. The lowest BCUT2D eigenvalue weighted by Crippen LogP contribution is -2.43. The Balaban J connectivity index is 3.78. The molecule has 0 bridgehead atoms. The summed E-state index contributed by atoms with van der Waals surface area (Å²) in [4.78, 5) is 2.48. The van der Waals surface area contributed by atoms with Crippen molar-refractivity contribution >= 4 is 0 Å². The molecular formula is C14H32N2. The van der Waals surface area contributed by atoms with E-state index in [4.69, 9.17) is 0 Å². The molecule has 2 heteroatoms. The zero-order chi connectivity index (χ0) is 12.4. The number of unbranched alkanes of at least 4 members (excludes halogenated alkanes) is 2. The molecular weight excluding hydrogens is 196 g/mol. The molecule has 0 aromatic rings. The van der Waals surface area contributed by atoms with Crippen LogP contribution in [0.25, 0.3) is 0 Å². The minimum Gasteiger partial charge on any atom is -0.312 e. The molecule has 1 unspecified atom stereocenters. The van der Waals surface area contributed by atoms with Gasteiger partial charge in [0, 0.05) is 12.6 Å². The van der Waals surface area contributed by atoms with Crippen LogP contribution in [0.3, 0.4) is 0 Å². The summed E-state index contributed by atoms with van der Waals surface area (Å²) in [7, 11) is 2.25. The summed E-state index contributed by atoms with van der Waals surface area (Å²) in [6.45, 7) is 12.7. The Labute approximate surface area is 103 Å². The van der Waals surface area contributed by atoms with E-state index in [9.17, 15) is 0 Å². The first-order chi connectivity index (χ1) is 7.61. The van der Waals surface area contributed by atoms with Crippen LogP contribution in [0.5, 0.6) is 0 Å². The average Bonchev–Trinajstić information content (AvgIpc) is 2.24. The lowest BCUT2D eigenvalue weighted by molar-refractivity contribution is 0.251. The van der Waals surface area contributed by atoms with Crippen molar-refractivity contribution in [1.82, 2.24) is 10.2 Å². The molecule has 16 heavy (non-hydrogen) atoms. The molecule has 98 valence electrons. The van der Waals surface area contributed by atoms with Crippen LogP contribution in [0.4, 0.5) is 0 Å². The van der Waals surface area contributed by atoms with Crippen molar-refractivity contribution in [3.05, 3.63) is 0 Å². The second-order valence-electron chi connectivity index (χ2n) is 5.27. The topological polar surface area (TPSA) is 15.3 Å². The summed E-state index contributed by atoms with van der Waals surface area (Å²) in [6.07, 6.45) is 5.24. The fourth-order valence-corrected chi connectivity index (χ4v) is 1.90. The number of hydrogen-bond acceptors (Lipinski definition) is 2. The normalized spacial score (nSPS) is 13.7. The van der Waals surface area contributed by atoms with Crippen LogP contribution in [0.2, 0.25) is 0 Å². The fourth-order valence-electron chi connectivity index (χ4n) is 1.90. The maximum absolute atomic E-state index is 3.65. The van der Waals surface area contributed by atoms with Gasteiger partial charge in [0.25, 0.3) is 0 Å². The third kappa shape index (κ3) is 8.12. The highest BCUT2D eigenvalue weighted by molar-refractivity contribution is 4.73. The van der Waals surface area contributed by atoms with Gasteiger partial charge < -0.3 is 10.2 Å². The van der Waals surface area contributed by atoms with Gasteiger partial charge in [-0.3, -0.25) is 0 Å². The number of hydrogen-bond donors (Lipinski definition) is 1. The van der Waals surface area contributed by atoms with Crippen LogP contribution in [-0.4, -0.2) is 37.6 Å². The molecule has 0 saturated carbocycles. The molecule has 0 radical (unpaired) electrons. The highest BCUT2D eigenvalue weighted by atomic mass is 15.1. The quantitative estimate of drug-likeness (QED) is 0.578. The lowest BCUT2D eigenvalue weighted by Gasteiger charge is -2.27. The largest absolute Gasteiger partial charge is 0.312 e. The first kappa shape index (κ1) is 15.9. The van der Waals surface area contributed by atoms with E-state index in [1.54, 1.807) is 0 Å². The molecule has 1 N–H and O–H groups in total. The molecule has 0 spiro atoms. The molecule has 0 heterocycles. The Morgan fingerprint density at radius 3 is 2.25 bits per heavy atom. The van der Waals surface area contributed by atoms with Crippen LogP contribution in [-0.2, 0) is 0 Å². The number of rotatable bonds is 10. The van der Waals surface area contributed by atoms with Gasteiger partial charge >= 0.3 is 0 Å². The van der Waals surface area contributed by atoms with Crippen molar-refractivity contribution in [3.8, 4) is 0 Å². The van der Waals surface area contributed by atoms with Gasteiger partial charge in [0.05, 0.1) is 0 Å². The van der Waals surface area contributed by atoms with E-state index in [-0.39, 0.29) is 0 Å². The minimum absolute atomic E-state index is 0.645. The molecule has 1 atom stereocenters. The minimum atomic E-state index is 0.645. The van der Waals surface area contributed by atoms with Crippen LogP contribution in [0, 0.1) is 5.92 Å². The van der Waals surface area contributed by atoms with E-state index in [0.29, 0.717) is 6.04 Å². The summed E-state index contributed by atoms with van der Waals surface area (Å²) in [6, 6.07) is 0.645. The van der Waals surface area contributed by atoms with Gasteiger partial charge in [-0.05, 0) is 38.9 Å². The van der Waals surface area contributed by atoms with E-state index in [0.717, 1.165) is 12.5 Å². The third-order valence-electron chi connectivity index (χ3n) is 3.11. The zero-order valence-electron chi connectivity index (χ0n) is 12.1. The van der Waals surface area contributed by atoms with Crippen LogP contribution in [0.1, 0.15) is 53.4 Å². The summed E-state index contributed by atoms with van der Waals surface area (Å²) in [5, 5.41) is 3.65. The van der Waals surface area contributed by atoms with Crippen LogP contribution in [0.15, 0.2) is 0 Å². The lowest BCUT2D eigenvalue weighted by atomic mass is 10.0. The molecule has 0 fully saturated rings. The Morgan fingerprint density at radius 1 is 1.06 bits per heavy atom. The van der Waals surface area contributed by atoms with Gasteiger partial charge in [0.15, 0.2) is 0 Å². The van der Waals surface area contributed by atoms with Crippen molar-refractivity contribution in [2.45, 2.75) is 59.4 Å². The molecule has 0 saturated heterocycles. The molecule has 0 aliphatic heterocycles. The number of nitrogens with zero attached hydrogens (tertiary/aromatic N) is 1. The number of nitrogens with one attached hydrogen (secondary N) is 1. The Morgan fingerprint density at radius 2 is 1.75 bits per heavy atom. The van der Waals surface area contributed by atoms with Crippen molar-refractivity contribution in [1.29, 1.82) is 0 Å². The Hall–Kier alpha value is -0.0800. The second kappa shape index (κ2) is 10.1. The standard InChI is InChI=1S/C14H32N2/c1-6-8-9-11-16(5)12-14(13(3)4)15-10-7-2/h13-15H,6-12H2,1-5H3. The average molecular weight is 228 g/mol. The highest BCUT2D eigenvalue weighted by Crippen LogP contribution is 2.05. The van der Waals surface area contributed by atoms with Gasteiger partial charge in [-0.25, -0.2) is 0 Å². The van der Waals surface area contributed by atoms with Crippen LogP contribution >= 0.6 is 0 Å². The summed E-state index contributed by atoms with van der Waals surface area (Å²) >= 11 is 0. The van der Waals surface area contributed by atoms with E-state index in [1.807, 2.05) is 0 Å². The predicted molar refractivity (Wildman–Crippen MR) is 73.9 cm³/mol. The van der Waals surface area contributed by atoms with Crippen molar-refractivity contribution in [3.63, 3.8) is 0 Å². The molecule has 0 aliphatic rings. The molecule has 0 aromatic heterocycles. The van der Waals surface area contributed by atoms with E-state index < -0.39 is 0 Å². The molecule has 0 aliphatic carbocycles. The fraction of sp³-hybridized carbons (Fsp3) is 1.00. The molecule has 2 nitrogen and oxygen atoms in total. The van der Waals surface area contributed by atoms with E-state index in [2.05, 4.69) is 45.0 Å². The SMILES string of the molecule is CCCCCN(C)CC(NCCC)C(C)C. The van der Waals surface area contributed by atoms with Gasteiger partial charge in [0.2, 0.25) is 0 Å². The third-order valence-corrected chi connectivity index (χ3v) is 3.11. The van der Waals surface area contributed by atoms with E-state index >= 15 is 0 Å². The van der Waals surface area contributed by atoms with Crippen molar-refractivity contribution < 1.29 is 0 Å². The van der Waals surface area contributed by atoms with Gasteiger partial charge in [-0.15, -0.1) is 0 Å². The monoisotopic (exact) mass is 228 g/mol. The first-order valence-corrected chi connectivity index (χ1v) is 7.03. The molecule has 0 amide bonds. The molecule has 0 aromatic carbocycles. The van der Waals surface area contributed by atoms with Crippen molar-refractivity contribution in [2.75, 3.05) is 26.7 Å². The molecule has 0 rings (SSSR count). The van der Waals surface area contributed by atoms with Gasteiger partial charge in [-0.2, -0.15) is 0 Å². The second-order valence-corrected chi connectivity index (χ2v) is 5.27. The number of likely N-dealkylation sites (N-methyl/N-ethyl adjacent to an activating group) is 1. The zero-order valence-corrected chi connectivity index (χ0v) is 12.1.